The summed E-state index contributed by atoms with van der Waals surface area (Å²) < 4.78 is 6.32. The highest BCUT2D eigenvalue weighted by Crippen LogP contribution is 2.55. The Hall–Kier alpha value is -2.15. The molecule has 2 saturated carbocycles. The third kappa shape index (κ3) is 3.32. The number of carbonyl (C=O) groups excluding carboxylic acids is 3. The first-order valence-corrected chi connectivity index (χ1v) is 11.9. The molecule has 2 aliphatic carbocycles. The fourth-order valence-electron chi connectivity index (χ4n) is 6.50. The van der Waals surface area contributed by atoms with Crippen LogP contribution < -0.4 is 10.6 Å². The van der Waals surface area contributed by atoms with E-state index in [1.165, 1.54) is 6.42 Å². The van der Waals surface area contributed by atoms with Gasteiger partial charge in [-0.2, -0.15) is 0 Å². The van der Waals surface area contributed by atoms with Crippen LogP contribution in [0.3, 0.4) is 0 Å². The molecule has 31 heavy (non-hydrogen) atoms. The monoisotopic (exact) mass is 427 g/mol. The van der Waals surface area contributed by atoms with Gasteiger partial charge in [0.25, 0.3) is 0 Å². The maximum Gasteiger partial charge on any atom is 0.246 e. The van der Waals surface area contributed by atoms with Crippen molar-refractivity contribution >= 4 is 17.7 Å². The molecular weight excluding hydrogens is 394 g/mol. The van der Waals surface area contributed by atoms with Crippen molar-refractivity contribution in [2.45, 2.75) is 87.6 Å². The van der Waals surface area contributed by atoms with Gasteiger partial charge in [-0.15, -0.1) is 6.58 Å². The normalized spacial score (nSPS) is 37.3. The highest BCUT2D eigenvalue weighted by atomic mass is 16.5. The van der Waals surface area contributed by atoms with E-state index in [0.717, 1.165) is 51.4 Å². The van der Waals surface area contributed by atoms with Crippen LogP contribution in [0.15, 0.2) is 24.8 Å². The van der Waals surface area contributed by atoms with Crippen LogP contribution in [0.2, 0.25) is 0 Å². The first-order valence-electron chi connectivity index (χ1n) is 11.9. The molecule has 3 aliphatic heterocycles. The van der Waals surface area contributed by atoms with Crippen molar-refractivity contribution in [3.8, 4) is 0 Å². The molecule has 168 valence electrons. The molecule has 5 atom stereocenters. The first kappa shape index (κ1) is 20.7. The van der Waals surface area contributed by atoms with Gasteiger partial charge >= 0.3 is 0 Å². The average molecular weight is 428 g/mol. The summed E-state index contributed by atoms with van der Waals surface area (Å²) in [7, 11) is 0. The standard InChI is InChI=1S/C24H33N3O4/c1-2-14-27-20(22(29)26-16-10-6-7-11-16)24-13-12-17(31-24)18(19(24)23(27)30)21(28)25-15-8-4-3-5-9-15/h2,12-13,15-20H,1,3-11,14H2,(H,25,28)(H,26,29)/t17-,18+,19-,20+,24-/m1/s1. The minimum absolute atomic E-state index is 0.114. The van der Waals surface area contributed by atoms with Gasteiger partial charge in [-0.05, 0) is 25.7 Å². The van der Waals surface area contributed by atoms with Gasteiger partial charge in [0.15, 0.2) is 0 Å². The van der Waals surface area contributed by atoms with Gasteiger partial charge in [0.1, 0.15) is 11.6 Å². The van der Waals surface area contributed by atoms with Gasteiger partial charge in [0.05, 0.1) is 17.9 Å². The number of amides is 3. The number of hydrogen-bond acceptors (Lipinski definition) is 4. The van der Waals surface area contributed by atoms with E-state index in [9.17, 15) is 14.4 Å². The summed E-state index contributed by atoms with van der Waals surface area (Å²) in [6.07, 6.45) is 14.5. The Kier molecular flexibility index (Phi) is 5.40. The molecular formula is C24H33N3O4. The molecule has 0 aromatic heterocycles. The predicted molar refractivity (Wildman–Crippen MR) is 115 cm³/mol. The smallest absolute Gasteiger partial charge is 0.246 e. The van der Waals surface area contributed by atoms with E-state index in [-0.39, 0.29) is 36.3 Å². The van der Waals surface area contributed by atoms with Crippen molar-refractivity contribution < 1.29 is 19.1 Å². The van der Waals surface area contributed by atoms with Crippen LogP contribution >= 0.6 is 0 Å². The van der Waals surface area contributed by atoms with E-state index >= 15 is 0 Å². The minimum atomic E-state index is -1.07. The number of hydrogen-bond donors (Lipinski definition) is 2. The van der Waals surface area contributed by atoms with Gasteiger partial charge < -0.3 is 20.3 Å². The molecule has 0 radical (unpaired) electrons. The zero-order valence-corrected chi connectivity index (χ0v) is 18.1. The van der Waals surface area contributed by atoms with Crippen LogP contribution in [0.25, 0.3) is 0 Å². The van der Waals surface area contributed by atoms with Crippen molar-refractivity contribution in [2.75, 3.05) is 6.54 Å². The first-order chi connectivity index (χ1) is 15.0. The summed E-state index contributed by atoms with van der Waals surface area (Å²) in [6.45, 7) is 4.04. The zero-order valence-electron chi connectivity index (χ0n) is 18.1. The minimum Gasteiger partial charge on any atom is -0.359 e. The summed E-state index contributed by atoms with van der Waals surface area (Å²) in [5.41, 5.74) is -1.07. The molecule has 5 aliphatic rings. The average Bonchev–Trinajstić information content (AvgIpc) is 3.52. The van der Waals surface area contributed by atoms with E-state index in [1.54, 1.807) is 11.0 Å². The van der Waals surface area contributed by atoms with E-state index in [4.69, 9.17) is 4.74 Å². The number of carbonyl (C=O) groups is 3. The van der Waals surface area contributed by atoms with Gasteiger partial charge in [0.2, 0.25) is 17.7 Å². The van der Waals surface area contributed by atoms with E-state index in [1.807, 2.05) is 12.2 Å². The summed E-state index contributed by atoms with van der Waals surface area (Å²) in [4.78, 5) is 41.8. The second-order valence-corrected chi connectivity index (χ2v) is 9.81. The molecule has 0 aromatic carbocycles. The maximum atomic E-state index is 13.5. The van der Waals surface area contributed by atoms with Crippen molar-refractivity contribution in [2.24, 2.45) is 11.8 Å². The quantitative estimate of drug-likeness (QED) is 0.633. The third-order valence-electron chi connectivity index (χ3n) is 7.90. The Labute approximate surface area is 183 Å². The van der Waals surface area contributed by atoms with Crippen LogP contribution in [-0.4, -0.2) is 59.0 Å². The number of ether oxygens (including phenoxy) is 1. The highest BCUT2D eigenvalue weighted by molar-refractivity contribution is 6.00. The summed E-state index contributed by atoms with van der Waals surface area (Å²) in [5, 5.41) is 6.33. The lowest BCUT2D eigenvalue weighted by molar-refractivity contribution is -0.141. The van der Waals surface area contributed by atoms with Crippen molar-refractivity contribution in [1.82, 2.24) is 15.5 Å². The van der Waals surface area contributed by atoms with Gasteiger partial charge in [-0.1, -0.05) is 50.3 Å². The largest absolute Gasteiger partial charge is 0.359 e. The molecule has 2 saturated heterocycles. The van der Waals surface area contributed by atoms with Crippen LogP contribution in [0.5, 0.6) is 0 Å². The fraction of sp³-hybridized carbons (Fsp3) is 0.708. The SMILES string of the molecule is C=CCN1C(=O)[C@H]2[C@@H](C(=O)NC3CCCCC3)[C@H]3C=C[C@]2(O3)[C@@H]1C(=O)NC1CCCC1. The summed E-state index contributed by atoms with van der Waals surface area (Å²) in [6, 6.07) is -0.448. The van der Waals surface area contributed by atoms with Gasteiger partial charge in [0, 0.05) is 18.6 Å². The molecule has 2 bridgehead atoms. The molecule has 7 nitrogen and oxygen atoms in total. The predicted octanol–water partition coefficient (Wildman–Crippen LogP) is 1.83. The van der Waals surface area contributed by atoms with Crippen LogP contribution in [0.1, 0.15) is 57.8 Å². The number of likely N-dealkylation sites (tertiary alicyclic amines) is 1. The molecule has 2 N–H and O–H groups in total. The Morgan fingerprint density at radius 2 is 1.68 bits per heavy atom. The second kappa shape index (κ2) is 8.08. The molecule has 4 fully saturated rings. The zero-order chi connectivity index (χ0) is 21.6. The summed E-state index contributed by atoms with van der Waals surface area (Å²) in [5.74, 6) is -1.72. The topological polar surface area (TPSA) is 87.7 Å². The lowest BCUT2D eigenvalue weighted by Gasteiger charge is -2.32. The Morgan fingerprint density at radius 1 is 1.06 bits per heavy atom. The van der Waals surface area contributed by atoms with E-state index in [0.29, 0.717) is 0 Å². The number of nitrogens with zero attached hydrogens (tertiary/aromatic N) is 1. The fourth-order valence-corrected chi connectivity index (χ4v) is 6.50. The molecule has 3 amide bonds. The lowest BCUT2D eigenvalue weighted by Crippen LogP contribution is -2.56. The van der Waals surface area contributed by atoms with E-state index in [2.05, 4.69) is 17.2 Å². The molecule has 0 aromatic rings. The molecule has 1 spiro atoms. The third-order valence-corrected chi connectivity index (χ3v) is 7.90. The lowest BCUT2D eigenvalue weighted by atomic mass is 9.74. The maximum absolute atomic E-state index is 13.5. The van der Waals surface area contributed by atoms with Crippen LogP contribution in [0.4, 0.5) is 0 Å². The van der Waals surface area contributed by atoms with Crippen molar-refractivity contribution in [3.05, 3.63) is 24.8 Å². The van der Waals surface area contributed by atoms with Crippen molar-refractivity contribution in [3.63, 3.8) is 0 Å². The second-order valence-electron chi connectivity index (χ2n) is 9.81. The molecule has 5 rings (SSSR count). The molecule has 0 unspecified atom stereocenters. The number of fused-ring (bicyclic) bond motifs is 1. The van der Waals surface area contributed by atoms with Crippen LogP contribution in [-0.2, 0) is 19.1 Å². The number of rotatable bonds is 6. The van der Waals surface area contributed by atoms with Gasteiger partial charge in [-0.25, -0.2) is 0 Å². The Morgan fingerprint density at radius 3 is 2.32 bits per heavy atom. The Bertz CT molecular complexity index is 799. The number of nitrogens with one attached hydrogen (secondary N) is 2. The molecule has 3 heterocycles. The van der Waals surface area contributed by atoms with Crippen LogP contribution in [0, 0.1) is 11.8 Å². The van der Waals surface area contributed by atoms with Crippen molar-refractivity contribution in [1.29, 1.82) is 0 Å². The Balaban J connectivity index is 1.40. The highest BCUT2D eigenvalue weighted by Gasteiger charge is 2.72. The molecule has 7 heteroatoms. The van der Waals surface area contributed by atoms with E-state index < -0.39 is 29.6 Å². The van der Waals surface area contributed by atoms with Gasteiger partial charge in [-0.3, -0.25) is 14.4 Å². The summed E-state index contributed by atoms with van der Waals surface area (Å²) >= 11 is 0.